The van der Waals surface area contributed by atoms with E-state index in [0.29, 0.717) is 0 Å². The quantitative estimate of drug-likeness (QED) is 0.363. The van der Waals surface area contributed by atoms with Crippen LogP contribution >= 0.6 is 0 Å². The molecule has 9 heavy (non-hydrogen) atoms. The van der Waals surface area contributed by atoms with Crippen LogP contribution in [0, 0.1) is 30.6 Å². The van der Waals surface area contributed by atoms with Gasteiger partial charge in [0.05, 0.1) is 17.6 Å². The maximum atomic E-state index is 5.07. The fourth-order valence-electron chi connectivity index (χ4n) is 0.408. The lowest BCUT2D eigenvalue weighted by Crippen LogP contribution is -1.80. The molecule has 0 aliphatic carbocycles. The number of rotatable bonds is 1. The Morgan fingerprint density at radius 1 is 1.56 bits per heavy atom. The normalized spacial score (nSPS) is 9.56. The third-order valence-corrected chi connectivity index (χ3v) is 0.888. The van der Waals surface area contributed by atoms with Crippen molar-refractivity contribution in [3.8, 4) is 24.7 Å². The summed E-state index contributed by atoms with van der Waals surface area (Å²) in [6.45, 7) is 3.70. The standard InChI is InChI=1S/C9H9/c1-5-8(3)7-9(4)6-2/h1-2,7H,3-4H3/q+1/b8-7+. The fourth-order valence-corrected chi connectivity index (χ4v) is 0.408. The number of allylic oxidation sites excluding steroid dienone is 2. The van der Waals surface area contributed by atoms with E-state index in [1.54, 1.807) is 6.08 Å². The Hall–Kier alpha value is -1.27. The van der Waals surface area contributed by atoms with Gasteiger partial charge in [-0.1, -0.05) is 0 Å². The maximum Gasteiger partial charge on any atom is 0.103 e. The van der Waals surface area contributed by atoms with Crippen molar-refractivity contribution in [2.24, 2.45) is 0 Å². The zero-order chi connectivity index (χ0) is 7.28. The lowest BCUT2D eigenvalue weighted by Gasteiger charge is -1.83. The molecule has 44 valence electrons. The molecule has 0 heterocycles. The highest BCUT2D eigenvalue weighted by molar-refractivity contribution is 5.35. The van der Waals surface area contributed by atoms with Gasteiger partial charge >= 0.3 is 0 Å². The molecular formula is C9H9+. The Labute approximate surface area is 57.0 Å². The van der Waals surface area contributed by atoms with Crippen LogP contribution in [0.5, 0.6) is 0 Å². The van der Waals surface area contributed by atoms with Gasteiger partial charge < -0.3 is 0 Å². The van der Waals surface area contributed by atoms with Crippen LogP contribution < -0.4 is 0 Å². The van der Waals surface area contributed by atoms with Gasteiger partial charge in [0.1, 0.15) is 5.92 Å². The second-order valence-corrected chi connectivity index (χ2v) is 1.80. The Bertz CT molecular complexity index is 183. The molecule has 0 aromatic heterocycles. The SMILES string of the molecule is C#C/C(C)=C/[C+](C)C#C. The highest BCUT2D eigenvalue weighted by atomic mass is 13.9. The van der Waals surface area contributed by atoms with E-state index in [1.165, 1.54) is 0 Å². The van der Waals surface area contributed by atoms with E-state index in [9.17, 15) is 0 Å². The minimum atomic E-state index is 0.866. The van der Waals surface area contributed by atoms with E-state index in [0.717, 1.165) is 11.5 Å². The highest BCUT2D eigenvalue weighted by Gasteiger charge is 1.97. The van der Waals surface area contributed by atoms with Crippen LogP contribution in [0.25, 0.3) is 0 Å². The molecule has 0 amide bonds. The molecule has 0 aliphatic heterocycles. The van der Waals surface area contributed by atoms with Crippen molar-refractivity contribution in [3.63, 3.8) is 0 Å². The number of hydrogen-bond donors (Lipinski definition) is 0. The zero-order valence-corrected chi connectivity index (χ0v) is 5.73. The zero-order valence-electron chi connectivity index (χ0n) is 5.73. The molecule has 0 radical (unpaired) electrons. The summed E-state index contributed by atoms with van der Waals surface area (Å²) < 4.78 is 0. The molecule has 0 aliphatic rings. The summed E-state index contributed by atoms with van der Waals surface area (Å²) in [4.78, 5) is 0. The molecule has 0 spiro atoms. The van der Waals surface area contributed by atoms with Crippen molar-refractivity contribution >= 4 is 0 Å². The van der Waals surface area contributed by atoms with E-state index >= 15 is 0 Å². The molecule has 0 N–H and O–H groups in total. The molecular weight excluding hydrogens is 108 g/mol. The van der Waals surface area contributed by atoms with Gasteiger partial charge in [-0.05, 0) is 5.92 Å². The second-order valence-electron chi connectivity index (χ2n) is 1.80. The van der Waals surface area contributed by atoms with Crippen LogP contribution in [0.1, 0.15) is 13.8 Å². The van der Waals surface area contributed by atoms with Crippen molar-refractivity contribution in [1.82, 2.24) is 0 Å². The van der Waals surface area contributed by atoms with Crippen molar-refractivity contribution in [3.05, 3.63) is 17.6 Å². The van der Waals surface area contributed by atoms with Crippen LogP contribution in [0.15, 0.2) is 11.6 Å². The third kappa shape index (κ3) is 3.32. The fraction of sp³-hybridized carbons (Fsp3) is 0.222. The first-order valence-electron chi connectivity index (χ1n) is 2.65. The molecule has 0 saturated carbocycles. The van der Waals surface area contributed by atoms with Crippen molar-refractivity contribution < 1.29 is 0 Å². The molecule has 0 saturated heterocycles. The summed E-state index contributed by atoms with van der Waals surface area (Å²) in [5.74, 6) is 5.82. The highest BCUT2D eigenvalue weighted by Crippen LogP contribution is 2.01. The summed E-state index contributed by atoms with van der Waals surface area (Å²) in [5.41, 5.74) is 0.866. The molecule has 0 heteroatoms. The lowest BCUT2D eigenvalue weighted by atomic mass is 10.1. The van der Waals surface area contributed by atoms with Gasteiger partial charge in [-0.2, -0.15) is 0 Å². The Morgan fingerprint density at radius 2 is 2.11 bits per heavy atom. The van der Waals surface area contributed by atoms with E-state index < -0.39 is 0 Å². The van der Waals surface area contributed by atoms with E-state index in [1.807, 2.05) is 13.8 Å². The topological polar surface area (TPSA) is 0 Å². The van der Waals surface area contributed by atoms with Crippen LogP contribution in [-0.2, 0) is 0 Å². The molecule has 0 aromatic carbocycles. The number of terminal acetylenes is 2. The van der Waals surface area contributed by atoms with Gasteiger partial charge in [0.2, 0.25) is 0 Å². The van der Waals surface area contributed by atoms with Crippen LogP contribution in [0.2, 0.25) is 0 Å². The van der Waals surface area contributed by atoms with Gasteiger partial charge in [0, 0.05) is 20.3 Å². The predicted molar refractivity (Wildman–Crippen MR) is 40.3 cm³/mol. The lowest BCUT2D eigenvalue weighted by molar-refractivity contribution is 1.35. The van der Waals surface area contributed by atoms with E-state index in [-0.39, 0.29) is 0 Å². The van der Waals surface area contributed by atoms with Crippen molar-refractivity contribution in [2.75, 3.05) is 0 Å². The minimum absolute atomic E-state index is 0.866. The second kappa shape index (κ2) is 3.70. The monoisotopic (exact) mass is 117 g/mol. The van der Waals surface area contributed by atoms with Gasteiger partial charge in [0.15, 0.2) is 0 Å². The maximum absolute atomic E-state index is 5.07. The first-order chi connectivity index (χ1) is 4.20. The smallest absolute Gasteiger partial charge is 0.100 e. The van der Waals surface area contributed by atoms with Gasteiger partial charge in [0.25, 0.3) is 0 Å². The van der Waals surface area contributed by atoms with Crippen molar-refractivity contribution in [2.45, 2.75) is 13.8 Å². The first kappa shape index (κ1) is 7.73. The average molecular weight is 117 g/mol. The summed E-state index contributed by atoms with van der Waals surface area (Å²) >= 11 is 0. The van der Waals surface area contributed by atoms with E-state index in [4.69, 9.17) is 12.8 Å². The molecule has 0 fully saturated rings. The molecule has 0 nitrogen and oxygen atoms in total. The summed E-state index contributed by atoms with van der Waals surface area (Å²) in [5, 5.41) is 0. The van der Waals surface area contributed by atoms with Gasteiger partial charge in [-0.3, -0.25) is 0 Å². The molecule has 0 bridgehead atoms. The number of hydrogen-bond acceptors (Lipinski definition) is 0. The largest absolute Gasteiger partial charge is 0.103 e. The summed E-state index contributed by atoms with van der Waals surface area (Å²) in [6, 6.07) is 0. The summed E-state index contributed by atoms with van der Waals surface area (Å²) in [6.07, 6.45) is 12.0. The summed E-state index contributed by atoms with van der Waals surface area (Å²) in [7, 11) is 0. The van der Waals surface area contributed by atoms with Gasteiger partial charge in [-0.15, -0.1) is 6.42 Å². The van der Waals surface area contributed by atoms with Crippen molar-refractivity contribution in [1.29, 1.82) is 0 Å². The van der Waals surface area contributed by atoms with E-state index in [2.05, 4.69) is 11.8 Å². The first-order valence-corrected chi connectivity index (χ1v) is 2.65. The third-order valence-electron chi connectivity index (χ3n) is 0.888. The molecule has 0 aromatic rings. The molecule has 0 atom stereocenters. The van der Waals surface area contributed by atoms with Gasteiger partial charge in [-0.25, -0.2) is 0 Å². The average Bonchev–Trinajstić information content (AvgIpc) is 1.87. The molecule has 0 unspecified atom stereocenters. The van der Waals surface area contributed by atoms with Crippen LogP contribution in [-0.4, -0.2) is 0 Å². The van der Waals surface area contributed by atoms with Crippen LogP contribution in [0.3, 0.4) is 0 Å². The minimum Gasteiger partial charge on any atom is -0.100 e. The Kier molecular flexibility index (Phi) is 3.18. The Morgan fingerprint density at radius 3 is 2.44 bits per heavy atom. The van der Waals surface area contributed by atoms with Crippen LogP contribution in [0.4, 0.5) is 0 Å². The molecule has 0 rings (SSSR count). The Balaban J connectivity index is 4.03. The predicted octanol–water partition coefficient (Wildman–Crippen LogP) is 1.79.